The Hall–Kier alpha value is -1.34. The van der Waals surface area contributed by atoms with Gasteiger partial charge in [0.05, 0.1) is 13.2 Å². The van der Waals surface area contributed by atoms with E-state index >= 15 is 0 Å². The standard InChI is InChI=1S/C28H42O/c1-3-5-7-21-29-22-24-11-15-26(16-12-24)28-19-17-27(18-20-28)25-13-9-23(10-14-25)8-6-4-2/h3-5,11-12,15-16,23,25,27-28H,2,6-10,13-14,17-22H2,1H3. The monoisotopic (exact) mass is 394 g/mol. The third-order valence-electron chi connectivity index (χ3n) is 7.49. The van der Waals surface area contributed by atoms with Crippen LogP contribution in [0.1, 0.15) is 94.6 Å². The molecule has 0 saturated heterocycles. The highest BCUT2D eigenvalue weighted by Gasteiger charge is 2.31. The van der Waals surface area contributed by atoms with Gasteiger partial charge < -0.3 is 4.74 Å². The summed E-state index contributed by atoms with van der Waals surface area (Å²) in [5.41, 5.74) is 2.85. The summed E-state index contributed by atoms with van der Waals surface area (Å²) in [6.07, 6.45) is 21.5. The van der Waals surface area contributed by atoms with E-state index in [-0.39, 0.29) is 0 Å². The summed E-state index contributed by atoms with van der Waals surface area (Å²) in [4.78, 5) is 0. The lowest BCUT2D eigenvalue weighted by Crippen LogP contribution is -2.25. The van der Waals surface area contributed by atoms with E-state index in [2.05, 4.69) is 56.0 Å². The lowest BCUT2D eigenvalue weighted by atomic mass is 9.68. The highest BCUT2D eigenvalue weighted by Crippen LogP contribution is 2.44. The third-order valence-corrected chi connectivity index (χ3v) is 7.49. The molecule has 0 radical (unpaired) electrons. The Morgan fingerprint density at radius 1 is 0.897 bits per heavy atom. The van der Waals surface area contributed by atoms with Crippen molar-refractivity contribution >= 4 is 0 Å². The molecule has 0 heterocycles. The minimum absolute atomic E-state index is 0.736. The minimum Gasteiger partial charge on any atom is -0.376 e. The first kappa shape index (κ1) is 22.3. The first-order valence-electron chi connectivity index (χ1n) is 12.2. The smallest absolute Gasteiger partial charge is 0.0717 e. The van der Waals surface area contributed by atoms with Gasteiger partial charge in [-0.05, 0) is 99.5 Å². The predicted octanol–water partition coefficient (Wildman–Crippen LogP) is 8.22. The maximum Gasteiger partial charge on any atom is 0.0717 e. The van der Waals surface area contributed by atoms with Gasteiger partial charge >= 0.3 is 0 Å². The van der Waals surface area contributed by atoms with E-state index in [9.17, 15) is 0 Å². The van der Waals surface area contributed by atoms with Crippen LogP contribution in [0.3, 0.4) is 0 Å². The van der Waals surface area contributed by atoms with Crippen molar-refractivity contribution in [2.24, 2.45) is 17.8 Å². The highest BCUT2D eigenvalue weighted by atomic mass is 16.5. The van der Waals surface area contributed by atoms with Gasteiger partial charge in [-0.2, -0.15) is 0 Å². The lowest BCUT2D eigenvalue weighted by Gasteiger charge is -2.38. The van der Waals surface area contributed by atoms with Crippen LogP contribution in [-0.4, -0.2) is 6.61 Å². The molecule has 160 valence electrons. The van der Waals surface area contributed by atoms with Gasteiger partial charge in [0.25, 0.3) is 0 Å². The highest BCUT2D eigenvalue weighted by molar-refractivity contribution is 5.25. The van der Waals surface area contributed by atoms with Crippen molar-refractivity contribution in [1.29, 1.82) is 0 Å². The second-order valence-electron chi connectivity index (χ2n) is 9.41. The predicted molar refractivity (Wildman–Crippen MR) is 125 cm³/mol. The zero-order valence-electron chi connectivity index (χ0n) is 18.7. The number of hydrogen-bond donors (Lipinski definition) is 0. The van der Waals surface area contributed by atoms with Gasteiger partial charge in [-0.15, -0.1) is 6.58 Å². The van der Waals surface area contributed by atoms with Crippen molar-refractivity contribution in [3.05, 3.63) is 60.2 Å². The molecule has 2 fully saturated rings. The van der Waals surface area contributed by atoms with E-state index in [1.807, 2.05) is 0 Å². The van der Waals surface area contributed by atoms with Crippen LogP contribution in [0.2, 0.25) is 0 Å². The van der Waals surface area contributed by atoms with E-state index in [0.717, 1.165) is 43.3 Å². The van der Waals surface area contributed by atoms with Crippen LogP contribution in [0.5, 0.6) is 0 Å². The van der Waals surface area contributed by atoms with Crippen LogP contribution in [0, 0.1) is 17.8 Å². The maximum absolute atomic E-state index is 5.76. The number of benzene rings is 1. The van der Waals surface area contributed by atoms with Crippen molar-refractivity contribution in [2.75, 3.05) is 6.61 Å². The average molecular weight is 395 g/mol. The largest absolute Gasteiger partial charge is 0.376 e. The summed E-state index contributed by atoms with van der Waals surface area (Å²) in [5, 5.41) is 0. The molecule has 1 heteroatoms. The summed E-state index contributed by atoms with van der Waals surface area (Å²) in [5.74, 6) is 3.76. The Morgan fingerprint density at radius 2 is 1.55 bits per heavy atom. The topological polar surface area (TPSA) is 9.23 Å². The number of rotatable bonds is 10. The fourth-order valence-corrected chi connectivity index (χ4v) is 5.62. The van der Waals surface area contributed by atoms with Gasteiger partial charge in [0.15, 0.2) is 0 Å². The van der Waals surface area contributed by atoms with Crippen molar-refractivity contribution in [1.82, 2.24) is 0 Å². The van der Waals surface area contributed by atoms with E-state index in [4.69, 9.17) is 4.74 Å². The zero-order valence-corrected chi connectivity index (χ0v) is 18.7. The Morgan fingerprint density at radius 3 is 2.17 bits per heavy atom. The van der Waals surface area contributed by atoms with Gasteiger partial charge in [0.1, 0.15) is 0 Å². The Labute approximate surface area is 179 Å². The summed E-state index contributed by atoms with van der Waals surface area (Å²) in [6, 6.07) is 9.28. The molecule has 2 saturated carbocycles. The van der Waals surface area contributed by atoms with Crippen LogP contribution in [0.4, 0.5) is 0 Å². The third kappa shape index (κ3) is 7.14. The minimum atomic E-state index is 0.736. The van der Waals surface area contributed by atoms with E-state index < -0.39 is 0 Å². The lowest BCUT2D eigenvalue weighted by molar-refractivity contribution is 0.125. The molecule has 3 rings (SSSR count). The molecule has 29 heavy (non-hydrogen) atoms. The molecule has 0 atom stereocenters. The molecule has 2 aliphatic rings. The first-order chi connectivity index (χ1) is 14.3. The van der Waals surface area contributed by atoms with Crippen LogP contribution in [0.15, 0.2) is 49.1 Å². The normalized spacial score (nSPS) is 27.9. The second kappa shape index (κ2) is 12.4. The fraction of sp³-hybridized carbons (Fsp3) is 0.643. The molecule has 1 aromatic rings. The van der Waals surface area contributed by atoms with Crippen LogP contribution < -0.4 is 0 Å². The van der Waals surface area contributed by atoms with Crippen molar-refractivity contribution in [3.8, 4) is 0 Å². The molecular formula is C28H42O. The van der Waals surface area contributed by atoms with Gasteiger partial charge in [-0.25, -0.2) is 0 Å². The Bertz CT molecular complexity index is 598. The molecule has 0 unspecified atom stereocenters. The van der Waals surface area contributed by atoms with Crippen LogP contribution >= 0.6 is 0 Å². The van der Waals surface area contributed by atoms with Gasteiger partial charge in [-0.3, -0.25) is 0 Å². The summed E-state index contributed by atoms with van der Waals surface area (Å²) >= 11 is 0. The molecule has 2 aliphatic carbocycles. The number of hydrogen-bond acceptors (Lipinski definition) is 1. The Kier molecular flexibility index (Phi) is 9.54. The maximum atomic E-state index is 5.76. The molecule has 0 aliphatic heterocycles. The SMILES string of the molecule is C=CCCC1CCC(C2CCC(c3ccc(COCCC=CC)cc3)CC2)CC1. The van der Waals surface area contributed by atoms with E-state index in [0.29, 0.717) is 0 Å². The average Bonchev–Trinajstić information content (AvgIpc) is 2.78. The first-order valence-corrected chi connectivity index (χ1v) is 12.2. The molecule has 0 spiro atoms. The van der Waals surface area contributed by atoms with Crippen molar-refractivity contribution in [3.63, 3.8) is 0 Å². The van der Waals surface area contributed by atoms with Crippen LogP contribution in [0.25, 0.3) is 0 Å². The van der Waals surface area contributed by atoms with Gasteiger partial charge in [-0.1, -0.05) is 55.3 Å². The van der Waals surface area contributed by atoms with Crippen molar-refractivity contribution in [2.45, 2.75) is 90.1 Å². The number of allylic oxidation sites excluding steroid dienone is 2. The number of ether oxygens (including phenoxy) is 1. The summed E-state index contributed by atoms with van der Waals surface area (Å²) in [6.45, 7) is 7.49. The molecule has 0 aromatic heterocycles. The molecular weight excluding hydrogens is 352 g/mol. The van der Waals surface area contributed by atoms with Gasteiger partial charge in [0, 0.05) is 0 Å². The molecule has 0 N–H and O–H groups in total. The van der Waals surface area contributed by atoms with E-state index in [1.165, 1.54) is 69.8 Å². The molecule has 0 amide bonds. The summed E-state index contributed by atoms with van der Waals surface area (Å²) < 4.78 is 5.76. The quantitative estimate of drug-likeness (QED) is 0.287. The zero-order chi connectivity index (χ0) is 20.3. The van der Waals surface area contributed by atoms with Crippen molar-refractivity contribution < 1.29 is 4.74 Å². The van der Waals surface area contributed by atoms with Gasteiger partial charge in [0.2, 0.25) is 0 Å². The van der Waals surface area contributed by atoms with Crippen LogP contribution in [-0.2, 0) is 11.3 Å². The molecule has 1 aromatic carbocycles. The Balaban J connectivity index is 1.37. The second-order valence-corrected chi connectivity index (χ2v) is 9.41. The summed E-state index contributed by atoms with van der Waals surface area (Å²) in [7, 11) is 0. The molecule has 1 nitrogen and oxygen atoms in total. The van der Waals surface area contributed by atoms with E-state index in [1.54, 1.807) is 5.56 Å². The fourth-order valence-electron chi connectivity index (χ4n) is 5.62. The molecule has 0 bridgehead atoms.